The Labute approximate surface area is 193 Å². The molecule has 0 N–H and O–H groups in total. The summed E-state index contributed by atoms with van der Waals surface area (Å²) in [5.41, 5.74) is 0.378. The van der Waals surface area contributed by atoms with Gasteiger partial charge in [0.15, 0.2) is 0 Å². The van der Waals surface area contributed by atoms with Crippen LogP contribution in [-0.2, 0) is 38.6 Å². The zero-order chi connectivity index (χ0) is 24.4. The Morgan fingerprint density at radius 3 is 2.18 bits per heavy atom. The number of fused-ring (bicyclic) bond motifs is 1. The number of nitrogens with zero attached hydrogens (tertiary/aromatic N) is 3. The largest absolute Gasteiger partial charge is 0.459 e. The number of benzene rings is 1. The molecular weight excluding hydrogens is 426 g/mol. The summed E-state index contributed by atoms with van der Waals surface area (Å²) in [6.45, 7) is 10.6. The first kappa shape index (κ1) is 24.3. The first-order valence-electron chi connectivity index (χ1n) is 10.8. The van der Waals surface area contributed by atoms with E-state index in [0.29, 0.717) is 11.4 Å². The number of hydrogen-bond acceptors (Lipinski definition) is 7. The van der Waals surface area contributed by atoms with Gasteiger partial charge in [-0.1, -0.05) is 30.3 Å². The number of ether oxygens (including phenoxy) is 3. The van der Waals surface area contributed by atoms with Crippen LogP contribution in [0, 0.1) is 0 Å². The quantitative estimate of drug-likeness (QED) is 0.506. The van der Waals surface area contributed by atoms with Gasteiger partial charge in [-0.15, -0.1) is 0 Å². The lowest BCUT2D eigenvalue weighted by atomic mass is 10.0. The van der Waals surface area contributed by atoms with E-state index in [1.807, 2.05) is 30.3 Å². The zero-order valence-electron chi connectivity index (χ0n) is 20.0. The maximum atomic E-state index is 13.0. The Bertz CT molecular complexity index is 1020. The number of imidazole rings is 1. The minimum Gasteiger partial charge on any atom is -0.459 e. The topological polar surface area (TPSA) is 100.0 Å². The Morgan fingerprint density at radius 1 is 0.970 bits per heavy atom. The van der Waals surface area contributed by atoms with Gasteiger partial charge < -0.3 is 14.2 Å². The standard InChI is InChI=1S/C24H31N3O6/c1-23(2,3)32-21(29)26-13-19-17(25-15-27(19)22(30)33-24(4,5)6)12-18(26)20(28)31-14-16-10-8-7-9-11-16/h7-11,15,18H,12-14H2,1-6H3. The van der Waals surface area contributed by atoms with Crippen LogP contribution in [0.5, 0.6) is 0 Å². The summed E-state index contributed by atoms with van der Waals surface area (Å²) in [7, 11) is 0. The van der Waals surface area contributed by atoms with Crippen LogP contribution < -0.4 is 0 Å². The van der Waals surface area contributed by atoms with Crippen LogP contribution in [0.3, 0.4) is 0 Å². The molecule has 1 aromatic carbocycles. The van der Waals surface area contributed by atoms with E-state index in [2.05, 4.69) is 4.98 Å². The van der Waals surface area contributed by atoms with Gasteiger partial charge >= 0.3 is 18.2 Å². The molecule has 1 unspecified atom stereocenters. The molecule has 9 nitrogen and oxygen atoms in total. The number of esters is 1. The number of rotatable bonds is 3. The lowest BCUT2D eigenvalue weighted by Gasteiger charge is -2.35. The normalized spacial score (nSPS) is 16.1. The second-order valence-corrected chi connectivity index (χ2v) is 9.91. The van der Waals surface area contributed by atoms with E-state index in [0.717, 1.165) is 5.56 Å². The number of amides is 1. The molecule has 0 radical (unpaired) electrons. The predicted molar refractivity (Wildman–Crippen MR) is 119 cm³/mol. The van der Waals surface area contributed by atoms with Crippen molar-refractivity contribution in [3.8, 4) is 0 Å². The fourth-order valence-corrected chi connectivity index (χ4v) is 3.33. The van der Waals surface area contributed by atoms with Crippen molar-refractivity contribution in [2.45, 2.75) is 78.4 Å². The van der Waals surface area contributed by atoms with Gasteiger partial charge in [-0.2, -0.15) is 0 Å². The summed E-state index contributed by atoms with van der Waals surface area (Å²) in [6.07, 6.45) is 0.166. The van der Waals surface area contributed by atoms with Crippen molar-refractivity contribution in [2.24, 2.45) is 0 Å². The molecule has 1 amide bonds. The van der Waals surface area contributed by atoms with E-state index in [1.165, 1.54) is 15.8 Å². The molecule has 1 aromatic heterocycles. The molecule has 178 valence electrons. The summed E-state index contributed by atoms with van der Waals surface area (Å²) >= 11 is 0. The zero-order valence-corrected chi connectivity index (χ0v) is 20.0. The second-order valence-electron chi connectivity index (χ2n) is 9.91. The van der Waals surface area contributed by atoms with Crippen LogP contribution in [0.15, 0.2) is 36.7 Å². The smallest absolute Gasteiger partial charge is 0.420 e. The van der Waals surface area contributed by atoms with Crippen LogP contribution in [0.4, 0.5) is 9.59 Å². The first-order chi connectivity index (χ1) is 15.3. The highest BCUT2D eigenvalue weighted by Gasteiger charge is 2.41. The van der Waals surface area contributed by atoms with Gasteiger partial charge in [0.25, 0.3) is 0 Å². The van der Waals surface area contributed by atoms with Crippen molar-refractivity contribution in [1.82, 2.24) is 14.5 Å². The van der Waals surface area contributed by atoms with E-state index < -0.39 is 35.4 Å². The molecular formula is C24H31N3O6. The van der Waals surface area contributed by atoms with Gasteiger partial charge in [0.2, 0.25) is 0 Å². The molecule has 1 aliphatic heterocycles. The summed E-state index contributed by atoms with van der Waals surface area (Å²) in [6, 6.07) is 8.34. The van der Waals surface area contributed by atoms with E-state index in [1.54, 1.807) is 41.5 Å². The van der Waals surface area contributed by atoms with E-state index in [-0.39, 0.29) is 19.6 Å². The Hall–Kier alpha value is -3.36. The highest BCUT2D eigenvalue weighted by Crippen LogP contribution is 2.26. The van der Waals surface area contributed by atoms with Crippen molar-refractivity contribution in [2.75, 3.05) is 0 Å². The average Bonchev–Trinajstić information content (AvgIpc) is 3.12. The average molecular weight is 458 g/mol. The minimum absolute atomic E-state index is 0.0470. The lowest BCUT2D eigenvalue weighted by molar-refractivity contribution is -0.152. The van der Waals surface area contributed by atoms with E-state index in [9.17, 15) is 14.4 Å². The molecule has 1 aliphatic rings. The highest BCUT2D eigenvalue weighted by molar-refractivity contribution is 5.83. The molecule has 2 aromatic rings. The van der Waals surface area contributed by atoms with Crippen LogP contribution in [0.2, 0.25) is 0 Å². The molecule has 0 saturated carbocycles. The SMILES string of the molecule is CC(C)(C)OC(=O)N1Cc2c(ncn2C(=O)OC(C)(C)C)CC1C(=O)OCc1ccccc1. The Balaban J connectivity index is 1.85. The highest BCUT2D eigenvalue weighted by atomic mass is 16.6. The van der Waals surface area contributed by atoms with Crippen LogP contribution in [-0.4, -0.2) is 49.9 Å². The predicted octanol–water partition coefficient (Wildman–Crippen LogP) is 4.07. The van der Waals surface area contributed by atoms with Gasteiger partial charge in [0, 0.05) is 6.42 Å². The molecule has 0 aliphatic carbocycles. The first-order valence-corrected chi connectivity index (χ1v) is 10.8. The molecule has 0 saturated heterocycles. The molecule has 3 rings (SSSR count). The van der Waals surface area contributed by atoms with Gasteiger partial charge in [-0.05, 0) is 47.1 Å². The van der Waals surface area contributed by atoms with Crippen LogP contribution in [0.25, 0.3) is 0 Å². The van der Waals surface area contributed by atoms with Gasteiger partial charge in [0.05, 0.1) is 17.9 Å². The molecule has 9 heteroatoms. The molecule has 1 atom stereocenters. The fraction of sp³-hybridized carbons (Fsp3) is 0.500. The number of carbonyl (C=O) groups is 3. The number of aromatic nitrogens is 2. The maximum Gasteiger partial charge on any atom is 0.420 e. The number of hydrogen-bond donors (Lipinski definition) is 0. The van der Waals surface area contributed by atoms with Crippen molar-refractivity contribution < 1.29 is 28.6 Å². The van der Waals surface area contributed by atoms with Crippen molar-refractivity contribution >= 4 is 18.2 Å². The minimum atomic E-state index is -0.932. The van der Waals surface area contributed by atoms with Crippen LogP contribution in [0.1, 0.15) is 58.5 Å². The summed E-state index contributed by atoms with van der Waals surface area (Å²) in [5, 5.41) is 0. The van der Waals surface area contributed by atoms with Crippen molar-refractivity contribution in [3.05, 3.63) is 53.6 Å². The lowest BCUT2D eigenvalue weighted by Crippen LogP contribution is -2.51. The Kier molecular flexibility index (Phi) is 6.81. The molecule has 0 fully saturated rings. The second kappa shape index (κ2) is 9.25. The van der Waals surface area contributed by atoms with E-state index in [4.69, 9.17) is 14.2 Å². The molecule has 0 bridgehead atoms. The van der Waals surface area contributed by atoms with Gasteiger partial charge in [0.1, 0.15) is 30.2 Å². The third-order valence-electron chi connectivity index (χ3n) is 4.75. The maximum absolute atomic E-state index is 13.0. The molecule has 2 heterocycles. The monoisotopic (exact) mass is 457 g/mol. The molecule has 33 heavy (non-hydrogen) atoms. The third kappa shape index (κ3) is 6.34. The number of carbonyl (C=O) groups excluding carboxylic acids is 3. The van der Waals surface area contributed by atoms with Crippen LogP contribution >= 0.6 is 0 Å². The fourth-order valence-electron chi connectivity index (χ4n) is 3.33. The van der Waals surface area contributed by atoms with Gasteiger partial charge in [-0.3, -0.25) is 4.90 Å². The third-order valence-corrected chi connectivity index (χ3v) is 4.75. The van der Waals surface area contributed by atoms with Gasteiger partial charge in [-0.25, -0.2) is 23.9 Å². The summed E-state index contributed by atoms with van der Waals surface area (Å²) in [5.74, 6) is -0.567. The Morgan fingerprint density at radius 2 is 1.58 bits per heavy atom. The molecule has 0 spiro atoms. The van der Waals surface area contributed by atoms with Crippen molar-refractivity contribution in [1.29, 1.82) is 0 Å². The van der Waals surface area contributed by atoms with E-state index >= 15 is 0 Å². The summed E-state index contributed by atoms with van der Waals surface area (Å²) < 4.78 is 17.7. The summed E-state index contributed by atoms with van der Waals surface area (Å²) in [4.78, 5) is 44.2. The van der Waals surface area contributed by atoms with Crippen molar-refractivity contribution in [3.63, 3.8) is 0 Å².